The van der Waals surface area contributed by atoms with Crippen molar-refractivity contribution in [2.24, 2.45) is 11.7 Å². The maximum atomic E-state index is 12.2. The molecule has 26 heavy (non-hydrogen) atoms. The Balaban J connectivity index is 2.18. The van der Waals surface area contributed by atoms with Crippen LogP contribution in [0.1, 0.15) is 12.5 Å². The molecule has 12 heteroatoms. The van der Waals surface area contributed by atoms with Crippen LogP contribution in [-0.2, 0) is 14.4 Å². The second-order valence-corrected chi connectivity index (χ2v) is 5.82. The number of amides is 1. The molecule has 1 aliphatic carbocycles. The predicted molar refractivity (Wildman–Crippen MR) is 84.0 cm³/mol. The number of Topliss-reactive ketones (excluding diaryl/α,β-unsaturated/α-hetero) is 1. The maximum Gasteiger partial charge on any atom is 0.350 e. The SMILES string of the molecule is N[C@@H](CC(=O)Nc1ccn([C@H]2C(=O)[C@H](CO)[C@H](O)[C@H]2O)c(=O)n1)C(=O)O. The molecule has 1 aromatic heterocycles. The summed E-state index contributed by atoms with van der Waals surface area (Å²) < 4.78 is 0.782. The van der Waals surface area contributed by atoms with E-state index in [-0.39, 0.29) is 5.82 Å². The van der Waals surface area contributed by atoms with Gasteiger partial charge in [-0.15, -0.1) is 0 Å². The van der Waals surface area contributed by atoms with Crippen molar-refractivity contribution in [2.45, 2.75) is 30.7 Å². The lowest BCUT2D eigenvalue weighted by Crippen LogP contribution is -2.37. The van der Waals surface area contributed by atoms with Crippen LogP contribution in [0.25, 0.3) is 0 Å². The van der Waals surface area contributed by atoms with Crippen LogP contribution in [0.15, 0.2) is 17.1 Å². The molecule has 0 aliphatic heterocycles. The van der Waals surface area contributed by atoms with Gasteiger partial charge in [-0.25, -0.2) is 4.79 Å². The molecular weight excluding hydrogens is 352 g/mol. The highest BCUT2D eigenvalue weighted by Gasteiger charge is 2.49. The number of nitrogens with zero attached hydrogens (tertiary/aromatic N) is 2. The van der Waals surface area contributed by atoms with Gasteiger partial charge in [-0.1, -0.05) is 0 Å². The number of carbonyl (C=O) groups excluding carboxylic acids is 2. The number of aliphatic hydroxyl groups is 3. The Kier molecular flexibility index (Phi) is 5.82. The third-order valence-corrected chi connectivity index (χ3v) is 4.06. The van der Waals surface area contributed by atoms with Gasteiger partial charge in [-0.05, 0) is 6.07 Å². The third kappa shape index (κ3) is 3.77. The summed E-state index contributed by atoms with van der Waals surface area (Å²) in [6, 6.07) is -1.68. The Labute approximate surface area is 145 Å². The smallest absolute Gasteiger partial charge is 0.350 e. The van der Waals surface area contributed by atoms with E-state index in [2.05, 4.69) is 10.3 Å². The molecule has 2 rings (SSSR count). The minimum atomic E-state index is -1.60. The number of carbonyl (C=O) groups is 3. The number of carboxylic acid groups (broad SMARTS) is 1. The molecular formula is C14H18N4O8. The van der Waals surface area contributed by atoms with Gasteiger partial charge in [0, 0.05) is 6.20 Å². The molecule has 7 N–H and O–H groups in total. The zero-order valence-corrected chi connectivity index (χ0v) is 13.3. The molecule has 0 spiro atoms. The van der Waals surface area contributed by atoms with Crippen molar-refractivity contribution in [3.63, 3.8) is 0 Å². The largest absolute Gasteiger partial charge is 0.480 e. The van der Waals surface area contributed by atoms with Crippen LogP contribution in [0, 0.1) is 5.92 Å². The lowest BCUT2D eigenvalue weighted by atomic mass is 10.1. The van der Waals surface area contributed by atoms with Gasteiger partial charge in [-0.2, -0.15) is 4.98 Å². The summed E-state index contributed by atoms with van der Waals surface area (Å²) in [4.78, 5) is 50.0. The van der Waals surface area contributed by atoms with Gasteiger partial charge >= 0.3 is 11.7 Å². The van der Waals surface area contributed by atoms with Crippen LogP contribution < -0.4 is 16.7 Å². The molecule has 0 unspecified atom stereocenters. The molecule has 1 aromatic rings. The number of ketones is 1. The highest BCUT2D eigenvalue weighted by atomic mass is 16.4. The number of hydrogen-bond donors (Lipinski definition) is 6. The van der Waals surface area contributed by atoms with Gasteiger partial charge in [0.15, 0.2) is 5.78 Å². The predicted octanol–water partition coefficient (Wildman–Crippen LogP) is -3.56. The molecule has 0 saturated heterocycles. The molecule has 0 aromatic carbocycles. The Hall–Kier alpha value is -2.67. The van der Waals surface area contributed by atoms with E-state index in [1.807, 2.05) is 0 Å². The fourth-order valence-electron chi connectivity index (χ4n) is 2.66. The van der Waals surface area contributed by atoms with Crippen molar-refractivity contribution in [1.29, 1.82) is 0 Å². The molecule has 0 radical (unpaired) electrons. The van der Waals surface area contributed by atoms with E-state index < -0.39 is 66.6 Å². The number of anilines is 1. The number of hydrogen-bond acceptors (Lipinski definition) is 9. The maximum absolute atomic E-state index is 12.2. The van der Waals surface area contributed by atoms with Crippen molar-refractivity contribution in [3.05, 3.63) is 22.7 Å². The molecule has 1 aliphatic rings. The molecule has 1 saturated carbocycles. The minimum Gasteiger partial charge on any atom is -0.480 e. The fraction of sp³-hybridized carbons (Fsp3) is 0.500. The fourth-order valence-corrected chi connectivity index (χ4v) is 2.66. The molecule has 1 amide bonds. The summed E-state index contributed by atoms with van der Waals surface area (Å²) in [5.74, 6) is -4.29. The van der Waals surface area contributed by atoms with Crippen LogP contribution in [0.3, 0.4) is 0 Å². The van der Waals surface area contributed by atoms with Gasteiger partial charge in [-0.3, -0.25) is 19.0 Å². The van der Waals surface area contributed by atoms with Crippen molar-refractivity contribution in [2.75, 3.05) is 11.9 Å². The zero-order valence-electron chi connectivity index (χ0n) is 13.3. The summed E-state index contributed by atoms with van der Waals surface area (Å²) in [6.45, 7) is -0.687. The summed E-state index contributed by atoms with van der Waals surface area (Å²) >= 11 is 0. The van der Waals surface area contributed by atoms with Crippen LogP contribution in [-0.4, -0.2) is 72.5 Å². The van der Waals surface area contributed by atoms with Gasteiger partial charge in [0.25, 0.3) is 0 Å². The van der Waals surface area contributed by atoms with E-state index in [4.69, 9.17) is 15.9 Å². The molecule has 1 fully saturated rings. The van der Waals surface area contributed by atoms with E-state index in [9.17, 15) is 29.4 Å². The minimum absolute atomic E-state index is 0.201. The normalized spacial score (nSPS) is 26.5. The van der Waals surface area contributed by atoms with Gasteiger partial charge in [0.2, 0.25) is 5.91 Å². The highest BCUT2D eigenvalue weighted by Crippen LogP contribution is 2.31. The first-order valence-corrected chi connectivity index (χ1v) is 7.55. The summed E-state index contributed by atoms with van der Waals surface area (Å²) in [6.07, 6.45) is -2.58. The number of aliphatic hydroxyl groups excluding tert-OH is 3. The number of carboxylic acids is 1. The van der Waals surface area contributed by atoms with E-state index in [1.54, 1.807) is 0 Å². The molecule has 0 bridgehead atoms. The molecule has 142 valence electrons. The van der Waals surface area contributed by atoms with Crippen molar-refractivity contribution in [3.8, 4) is 0 Å². The first-order chi connectivity index (χ1) is 12.2. The first kappa shape index (κ1) is 19.7. The topological polar surface area (TPSA) is 205 Å². The van der Waals surface area contributed by atoms with Gasteiger partial charge < -0.3 is 31.5 Å². The molecule has 1 heterocycles. The van der Waals surface area contributed by atoms with Gasteiger partial charge in [0.1, 0.15) is 24.0 Å². The monoisotopic (exact) mass is 370 g/mol. The lowest BCUT2D eigenvalue weighted by molar-refractivity contribution is -0.140. The number of rotatable bonds is 6. The number of nitrogens with one attached hydrogen (secondary N) is 1. The van der Waals surface area contributed by atoms with E-state index >= 15 is 0 Å². The molecule has 5 atom stereocenters. The molecule has 12 nitrogen and oxygen atoms in total. The second-order valence-electron chi connectivity index (χ2n) is 5.82. The second kappa shape index (κ2) is 7.70. The average Bonchev–Trinajstić information content (AvgIpc) is 2.77. The number of aliphatic carboxylic acids is 1. The van der Waals surface area contributed by atoms with Crippen LogP contribution in [0.4, 0.5) is 5.82 Å². The zero-order chi connectivity index (χ0) is 19.6. The van der Waals surface area contributed by atoms with Crippen LogP contribution >= 0.6 is 0 Å². The van der Waals surface area contributed by atoms with Gasteiger partial charge in [0.05, 0.1) is 25.0 Å². The Morgan fingerprint density at radius 1 is 1.31 bits per heavy atom. The van der Waals surface area contributed by atoms with Crippen molar-refractivity contribution in [1.82, 2.24) is 9.55 Å². The van der Waals surface area contributed by atoms with Crippen molar-refractivity contribution >= 4 is 23.5 Å². The number of aromatic nitrogens is 2. The Bertz CT molecular complexity index is 778. The summed E-state index contributed by atoms with van der Waals surface area (Å²) in [5, 5.41) is 39.7. The Morgan fingerprint density at radius 2 is 1.96 bits per heavy atom. The third-order valence-electron chi connectivity index (χ3n) is 4.06. The van der Waals surface area contributed by atoms with E-state index in [1.165, 1.54) is 0 Å². The Morgan fingerprint density at radius 3 is 2.46 bits per heavy atom. The summed E-state index contributed by atoms with van der Waals surface area (Å²) in [5.41, 5.74) is 4.23. The quantitative estimate of drug-likeness (QED) is 0.290. The highest BCUT2D eigenvalue weighted by molar-refractivity contribution is 5.93. The van der Waals surface area contributed by atoms with Crippen molar-refractivity contribution < 1.29 is 34.8 Å². The lowest BCUT2D eigenvalue weighted by Gasteiger charge is -2.17. The van der Waals surface area contributed by atoms with Crippen LogP contribution in [0.5, 0.6) is 0 Å². The number of nitrogens with two attached hydrogens (primary N) is 1. The average molecular weight is 370 g/mol. The van der Waals surface area contributed by atoms with Crippen LogP contribution in [0.2, 0.25) is 0 Å². The van der Waals surface area contributed by atoms with E-state index in [0.717, 1.165) is 16.8 Å². The standard InChI is InChI=1S/C14H18N4O8/c15-6(13(24)25)3-8(20)16-7-1-2-18(14(26)17-7)9-10(21)5(4-19)11(22)12(9)23/h1-2,5-6,9,11-12,19,22-23H,3-4,15H2,(H,24,25)(H,16,17,20,26)/t5-,6-,9-,11-,12-/m0/s1. The van der Waals surface area contributed by atoms with E-state index in [0.29, 0.717) is 0 Å². The summed E-state index contributed by atoms with van der Waals surface area (Å²) in [7, 11) is 0. The first-order valence-electron chi connectivity index (χ1n) is 7.55.